The summed E-state index contributed by atoms with van der Waals surface area (Å²) in [6, 6.07) is 5.69. The highest BCUT2D eigenvalue weighted by Gasteiger charge is 2.10. The third-order valence-corrected chi connectivity index (χ3v) is 4.41. The van der Waals surface area contributed by atoms with E-state index >= 15 is 0 Å². The minimum atomic E-state index is 0.505. The summed E-state index contributed by atoms with van der Waals surface area (Å²) in [5, 5.41) is 0. The molecule has 1 aromatic heterocycles. The van der Waals surface area contributed by atoms with Crippen LogP contribution in [0.25, 0.3) is 11.4 Å². The van der Waals surface area contributed by atoms with Crippen molar-refractivity contribution in [2.24, 2.45) is 0 Å². The van der Waals surface area contributed by atoms with Gasteiger partial charge in [-0.25, -0.2) is 9.97 Å². The van der Waals surface area contributed by atoms with Gasteiger partial charge in [-0.15, -0.1) is 0 Å². The van der Waals surface area contributed by atoms with Crippen LogP contribution in [0.2, 0.25) is 0 Å². The van der Waals surface area contributed by atoms with Crippen LogP contribution in [0, 0.1) is 10.5 Å². The molecule has 2 N–H and O–H groups in total. The minimum absolute atomic E-state index is 0.505. The summed E-state index contributed by atoms with van der Waals surface area (Å²) in [5.74, 6) is 1.90. The Morgan fingerprint density at radius 1 is 1.33 bits per heavy atom. The molecule has 0 spiro atoms. The number of aryl methyl sites for hydroxylation is 1. The number of methoxy groups -OCH3 is 1. The van der Waals surface area contributed by atoms with Gasteiger partial charge in [-0.05, 0) is 63.6 Å². The molecule has 0 aliphatic heterocycles. The van der Waals surface area contributed by atoms with Gasteiger partial charge < -0.3 is 10.5 Å². The van der Waals surface area contributed by atoms with Crippen molar-refractivity contribution >= 4 is 44.3 Å². The van der Waals surface area contributed by atoms with Crippen LogP contribution in [0.15, 0.2) is 22.7 Å². The molecule has 2 aromatic rings. The van der Waals surface area contributed by atoms with Gasteiger partial charge in [0.15, 0.2) is 5.82 Å². The van der Waals surface area contributed by atoms with Crippen molar-refractivity contribution < 1.29 is 4.74 Å². The summed E-state index contributed by atoms with van der Waals surface area (Å²) in [5.41, 5.74) is 7.63. The van der Waals surface area contributed by atoms with Crippen LogP contribution >= 0.6 is 38.5 Å². The number of anilines is 1. The van der Waals surface area contributed by atoms with Crippen LogP contribution in [0.5, 0.6) is 5.75 Å². The Balaban J connectivity index is 2.52. The Hall–Kier alpha value is -0.890. The highest BCUT2D eigenvalue weighted by Crippen LogP contribution is 2.30. The van der Waals surface area contributed by atoms with Crippen molar-refractivity contribution in [2.75, 3.05) is 12.8 Å². The number of halogens is 2. The van der Waals surface area contributed by atoms with E-state index < -0.39 is 0 Å². The first-order chi connectivity index (χ1) is 8.52. The number of benzene rings is 1. The summed E-state index contributed by atoms with van der Waals surface area (Å²) in [6.45, 7) is 1.92. The highest BCUT2D eigenvalue weighted by atomic mass is 127. The standard InChI is InChI=1S/C12H11BrIN3O/c1-6-10(14)11(15)17-12(16-6)7-3-4-9(18-2)8(13)5-7/h3-5H,1-2H3,(H2,15,16,17). The van der Waals surface area contributed by atoms with Crippen LogP contribution in [0.3, 0.4) is 0 Å². The normalized spacial score (nSPS) is 10.4. The Morgan fingerprint density at radius 3 is 2.61 bits per heavy atom. The number of ether oxygens (including phenoxy) is 1. The molecule has 0 saturated carbocycles. The van der Waals surface area contributed by atoms with Gasteiger partial charge in [-0.3, -0.25) is 0 Å². The first-order valence-electron chi connectivity index (χ1n) is 5.16. The van der Waals surface area contributed by atoms with Crippen molar-refractivity contribution in [1.29, 1.82) is 0 Å². The van der Waals surface area contributed by atoms with Crippen LogP contribution in [0.4, 0.5) is 5.82 Å². The Bertz CT molecular complexity index is 581. The third kappa shape index (κ3) is 2.59. The largest absolute Gasteiger partial charge is 0.496 e. The van der Waals surface area contributed by atoms with Crippen LogP contribution in [-0.2, 0) is 0 Å². The fourth-order valence-corrected chi connectivity index (χ4v) is 2.30. The predicted molar refractivity (Wildman–Crippen MR) is 83.6 cm³/mol. The number of nitrogens with zero attached hydrogens (tertiary/aromatic N) is 2. The molecule has 0 atom stereocenters. The van der Waals surface area contributed by atoms with Crippen molar-refractivity contribution in [2.45, 2.75) is 6.92 Å². The monoisotopic (exact) mass is 419 g/mol. The van der Waals surface area contributed by atoms with E-state index in [1.54, 1.807) is 7.11 Å². The van der Waals surface area contributed by atoms with Gasteiger partial charge in [0.25, 0.3) is 0 Å². The maximum atomic E-state index is 5.86. The van der Waals surface area contributed by atoms with E-state index in [0.29, 0.717) is 11.6 Å². The number of hydrogen-bond acceptors (Lipinski definition) is 4. The Morgan fingerprint density at radius 2 is 2.06 bits per heavy atom. The molecule has 0 unspecified atom stereocenters. The van der Waals surface area contributed by atoms with Crippen molar-refractivity contribution in [1.82, 2.24) is 9.97 Å². The number of rotatable bonds is 2. The molecule has 6 heteroatoms. The second kappa shape index (κ2) is 5.40. The van der Waals surface area contributed by atoms with E-state index in [2.05, 4.69) is 48.5 Å². The number of hydrogen-bond donors (Lipinski definition) is 1. The molecule has 0 saturated heterocycles. The van der Waals surface area contributed by atoms with Gasteiger partial charge in [0.2, 0.25) is 0 Å². The van der Waals surface area contributed by atoms with Gasteiger partial charge in [0.05, 0.1) is 20.8 Å². The summed E-state index contributed by atoms with van der Waals surface area (Å²) < 4.78 is 6.94. The van der Waals surface area contributed by atoms with Gasteiger partial charge >= 0.3 is 0 Å². The SMILES string of the molecule is COc1ccc(-c2nc(C)c(I)c(N)n2)cc1Br. The average molecular weight is 420 g/mol. The average Bonchev–Trinajstić information content (AvgIpc) is 2.35. The molecule has 0 amide bonds. The van der Waals surface area contributed by atoms with Gasteiger partial charge in [-0.1, -0.05) is 0 Å². The lowest BCUT2D eigenvalue weighted by molar-refractivity contribution is 0.412. The Labute approximate surface area is 127 Å². The Kier molecular flexibility index (Phi) is 4.06. The lowest BCUT2D eigenvalue weighted by Crippen LogP contribution is -2.02. The quantitative estimate of drug-likeness (QED) is 0.757. The molecular weight excluding hydrogens is 409 g/mol. The molecular formula is C12H11BrIN3O. The van der Waals surface area contributed by atoms with E-state index in [9.17, 15) is 0 Å². The summed E-state index contributed by atoms with van der Waals surface area (Å²) in [7, 11) is 1.63. The maximum absolute atomic E-state index is 5.86. The van der Waals surface area contributed by atoms with E-state index in [4.69, 9.17) is 10.5 Å². The fourth-order valence-electron chi connectivity index (χ4n) is 1.52. The smallest absolute Gasteiger partial charge is 0.161 e. The highest BCUT2D eigenvalue weighted by molar-refractivity contribution is 14.1. The fraction of sp³-hybridized carbons (Fsp3) is 0.167. The second-order valence-electron chi connectivity index (χ2n) is 3.68. The first kappa shape index (κ1) is 13.5. The van der Waals surface area contributed by atoms with E-state index in [0.717, 1.165) is 25.0 Å². The molecule has 0 fully saturated rings. The molecule has 0 aliphatic carbocycles. The summed E-state index contributed by atoms with van der Waals surface area (Å²) in [4.78, 5) is 8.74. The number of nitrogens with two attached hydrogens (primary N) is 1. The van der Waals surface area contributed by atoms with Crippen LogP contribution in [-0.4, -0.2) is 17.1 Å². The van der Waals surface area contributed by atoms with Crippen molar-refractivity contribution in [3.05, 3.63) is 31.9 Å². The van der Waals surface area contributed by atoms with Gasteiger partial charge in [-0.2, -0.15) is 0 Å². The van der Waals surface area contributed by atoms with E-state index in [1.165, 1.54) is 0 Å². The molecule has 18 heavy (non-hydrogen) atoms. The summed E-state index contributed by atoms with van der Waals surface area (Å²) in [6.07, 6.45) is 0. The molecule has 0 radical (unpaired) electrons. The zero-order valence-corrected chi connectivity index (χ0v) is 13.6. The molecule has 94 valence electrons. The topological polar surface area (TPSA) is 61.0 Å². The number of aromatic nitrogens is 2. The molecule has 0 aliphatic rings. The molecule has 1 heterocycles. The van der Waals surface area contributed by atoms with E-state index in [-0.39, 0.29) is 0 Å². The van der Waals surface area contributed by atoms with Gasteiger partial charge in [0, 0.05) is 5.56 Å². The predicted octanol–water partition coefficient (Wildman–Crippen LogP) is 3.41. The second-order valence-corrected chi connectivity index (χ2v) is 5.61. The zero-order valence-electron chi connectivity index (χ0n) is 9.87. The molecule has 1 aromatic carbocycles. The van der Waals surface area contributed by atoms with Crippen molar-refractivity contribution in [3.63, 3.8) is 0 Å². The van der Waals surface area contributed by atoms with E-state index in [1.807, 2.05) is 25.1 Å². The third-order valence-electron chi connectivity index (χ3n) is 2.45. The van der Waals surface area contributed by atoms with Crippen LogP contribution < -0.4 is 10.5 Å². The van der Waals surface area contributed by atoms with Crippen LogP contribution in [0.1, 0.15) is 5.69 Å². The molecule has 0 bridgehead atoms. The van der Waals surface area contributed by atoms with Gasteiger partial charge in [0.1, 0.15) is 11.6 Å². The number of nitrogen functional groups attached to an aromatic ring is 1. The lowest BCUT2D eigenvalue weighted by atomic mass is 10.2. The lowest BCUT2D eigenvalue weighted by Gasteiger charge is -2.08. The first-order valence-corrected chi connectivity index (χ1v) is 7.03. The summed E-state index contributed by atoms with van der Waals surface area (Å²) >= 11 is 5.59. The minimum Gasteiger partial charge on any atom is -0.496 e. The molecule has 4 nitrogen and oxygen atoms in total. The molecule has 2 rings (SSSR count). The maximum Gasteiger partial charge on any atom is 0.161 e. The zero-order chi connectivity index (χ0) is 13.3. The van der Waals surface area contributed by atoms with Crippen molar-refractivity contribution in [3.8, 4) is 17.1 Å².